The molecule has 1 aromatic carbocycles. The van der Waals surface area contributed by atoms with Gasteiger partial charge in [0.25, 0.3) is 11.8 Å². The molecule has 2 amide bonds. The molecule has 1 aliphatic carbocycles. The van der Waals surface area contributed by atoms with Crippen molar-refractivity contribution in [2.45, 2.75) is 25.3 Å². The average molecular weight is 397 g/mol. The summed E-state index contributed by atoms with van der Waals surface area (Å²) in [6.07, 6.45) is 4.39. The molecule has 3 heterocycles. The van der Waals surface area contributed by atoms with Gasteiger partial charge in [0.1, 0.15) is 0 Å². The third-order valence-corrected chi connectivity index (χ3v) is 5.26. The van der Waals surface area contributed by atoms with E-state index < -0.39 is 0 Å². The van der Waals surface area contributed by atoms with Gasteiger partial charge in [-0.3, -0.25) is 14.5 Å². The van der Waals surface area contributed by atoms with E-state index in [1.165, 1.54) is 23.3 Å². The van der Waals surface area contributed by atoms with Crippen LogP contribution in [0.1, 0.15) is 50.9 Å². The number of amides is 2. The first-order valence-corrected chi connectivity index (χ1v) is 8.91. The number of pyridine rings is 1. The fourth-order valence-corrected chi connectivity index (χ4v) is 3.78. The third kappa shape index (κ3) is 2.30. The summed E-state index contributed by atoms with van der Waals surface area (Å²) < 4.78 is 2.60. The number of imide groups is 1. The van der Waals surface area contributed by atoms with Crippen LogP contribution < -0.4 is 0 Å². The van der Waals surface area contributed by atoms with Gasteiger partial charge in [-0.1, -0.05) is 12.1 Å². The number of aromatic nitrogens is 3. The van der Waals surface area contributed by atoms with Gasteiger partial charge in [0.05, 0.1) is 22.1 Å². The minimum atomic E-state index is -0.294. The normalized spacial score (nSPS) is 16.8. The largest absolute Gasteiger partial charge is 0.269 e. The molecule has 1 saturated carbocycles. The SMILES string of the molecule is O=C1c2ccccc2C(=O)N1Cc1nc2c(Br)cc(C3CC3)cn2n1. The Labute approximate surface area is 151 Å². The molecule has 7 heteroatoms. The molecule has 2 aromatic heterocycles. The van der Waals surface area contributed by atoms with E-state index in [4.69, 9.17) is 0 Å². The zero-order valence-electron chi connectivity index (χ0n) is 13.1. The second-order valence-corrected chi connectivity index (χ2v) is 7.29. The zero-order valence-corrected chi connectivity index (χ0v) is 14.7. The minimum absolute atomic E-state index is 0.0687. The Morgan fingerprint density at radius 3 is 2.44 bits per heavy atom. The van der Waals surface area contributed by atoms with Crippen molar-refractivity contribution < 1.29 is 9.59 Å². The fourth-order valence-electron chi connectivity index (χ4n) is 3.24. The van der Waals surface area contributed by atoms with Crippen LogP contribution in [0.2, 0.25) is 0 Å². The van der Waals surface area contributed by atoms with Gasteiger partial charge < -0.3 is 0 Å². The van der Waals surface area contributed by atoms with E-state index in [-0.39, 0.29) is 18.4 Å². The number of hydrogen-bond acceptors (Lipinski definition) is 4. The van der Waals surface area contributed by atoms with Crippen molar-refractivity contribution in [1.82, 2.24) is 19.5 Å². The number of benzene rings is 1. The summed E-state index contributed by atoms with van der Waals surface area (Å²) in [5.74, 6) is 0.460. The summed E-state index contributed by atoms with van der Waals surface area (Å²) in [6, 6.07) is 8.93. The highest BCUT2D eigenvalue weighted by Gasteiger charge is 2.36. The molecule has 5 rings (SSSR count). The first-order valence-electron chi connectivity index (χ1n) is 8.12. The quantitative estimate of drug-likeness (QED) is 0.637. The first kappa shape index (κ1) is 14.8. The van der Waals surface area contributed by atoms with Crippen LogP contribution in [0.5, 0.6) is 0 Å². The predicted molar refractivity (Wildman–Crippen MR) is 93.3 cm³/mol. The molecule has 0 unspecified atom stereocenters. The van der Waals surface area contributed by atoms with E-state index in [1.54, 1.807) is 28.8 Å². The molecule has 124 valence electrons. The highest BCUT2D eigenvalue weighted by atomic mass is 79.9. The summed E-state index contributed by atoms with van der Waals surface area (Å²) in [4.78, 5) is 30.6. The van der Waals surface area contributed by atoms with Gasteiger partial charge in [-0.15, -0.1) is 5.10 Å². The molecule has 0 N–H and O–H groups in total. The highest BCUT2D eigenvalue weighted by molar-refractivity contribution is 9.10. The number of rotatable bonds is 3. The van der Waals surface area contributed by atoms with Gasteiger partial charge in [0, 0.05) is 6.20 Å². The number of fused-ring (bicyclic) bond motifs is 2. The molecule has 0 bridgehead atoms. The maximum absolute atomic E-state index is 12.5. The molecule has 0 radical (unpaired) electrons. The molecule has 6 nitrogen and oxygen atoms in total. The topological polar surface area (TPSA) is 67.6 Å². The van der Waals surface area contributed by atoms with E-state index in [1.807, 2.05) is 6.20 Å². The van der Waals surface area contributed by atoms with E-state index >= 15 is 0 Å². The van der Waals surface area contributed by atoms with Crippen LogP contribution in [-0.2, 0) is 6.54 Å². The monoisotopic (exact) mass is 396 g/mol. The molecule has 0 saturated heterocycles. The van der Waals surface area contributed by atoms with Gasteiger partial charge in [0.15, 0.2) is 11.5 Å². The zero-order chi connectivity index (χ0) is 17.1. The van der Waals surface area contributed by atoms with Crippen LogP contribution in [0.4, 0.5) is 0 Å². The Bertz CT molecular complexity index is 1020. The number of halogens is 1. The highest BCUT2D eigenvalue weighted by Crippen LogP contribution is 2.41. The first-order chi connectivity index (χ1) is 12.1. The second kappa shape index (κ2) is 5.23. The van der Waals surface area contributed by atoms with Crippen molar-refractivity contribution >= 4 is 33.4 Å². The number of carbonyl (C=O) groups is 2. The lowest BCUT2D eigenvalue weighted by molar-refractivity contribution is 0.0638. The average Bonchev–Trinajstić information content (AvgIpc) is 3.34. The molecule has 0 spiro atoms. The lowest BCUT2D eigenvalue weighted by Gasteiger charge is -2.10. The van der Waals surface area contributed by atoms with Gasteiger partial charge in [-0.2, -0.15) is 0 Å². The van der Waals surface area contributed by atoms with Crippen molar-refractivity contribution in [3.8, 4) is 0 Å². The molecule has 25 heavy (non-hydrogen) atoms. The molecule has 1 aliphatic heterocycles. The van der Waals surface area contributed by atoms with Crippen molar-refractivity contribution in [2.75, 3.05) is 0 Å². The van der Waals surface area contributed by atoms with Crippen LogP contribution in [0.15, 0.2) is 41.0 Å². The summed E-state index contributed by atoms with van der Waals surface area (Å²) in [7, 11) is 0. The van der Waals surface area contributed by atoms with Gasteiger partial charge in [0.2, 0.25) is 0 Å². The third-order valence-electron chi connectivity index (χ3n) is 4.68. The van der Waals surface area contributed by atoms with Crippen LogP contribution in [0, 0.1) is 0 Å². The maximum Gasteiger partial charge on any atom is 0.261 e. The van der Waals surface area contributed by atoms with Crippen molar-refractivity contribution in [3.05, 3.63) is 63.5 Å². The van der Waals surface area contributed by atoms with E-state index in [2.05, 4.69) is 32.1 Å². The molecule has 2 aliphatic rings. The lowest BCUT2D eigenvalue weighted by atomic mass is 10.1. The lowest BCUT2D eigenvalue weighted by Crippen LogP contribution is -2.29. The number of nitrogens with zero attached hydrogens (tertiary/aromatic N) is 4. The Kier molecular flexibility index (Phi) is 3.09. The predicted octanol–water partition coefficient (Wildman–Crippen LogP) is 3.17. The maximum atomic E-state index is 12.5. The van der Waals surface area contributed by atoms with Crippen LogP contribution in [0.25, 0.3) is 5.65 Å². The summed E-state index contributed by atoms with van der Waals surface area (Å²) in [5.41, 5.74) is 2.80. The molecule has 3 aromatic rings. The Hall–Kier alpha value is -2.54. The van der Waals surface area contributed by atoms with Crippen molar-refractivity contribution in [2.24, 2.45) is 0 Å². The number of hydrogen-bond donors (Lipinski definition) is 0. The summed E-state index contributed by atoms with van der Waals surface area (Å²) in [5, 5.41) is 4.47. The van der Waals surface area contributed by atoms with Crippen molar-refractivity contribution in [1.29, 1.82) is 0 Å². The standard InChI is InChI=1S/C18H13BrN4O2/c19-14-7-11(10-5-6-10)8-23-16(14)20-15(21-23)9-22-17(24)12-3-1-2-4-13(12)18(22)25/h1-4,7-8,10H,5-6,9H2. The van der Waals surface area contributed by atoms with Crippen LogP contribution in [0.3, 0.4) is 0 Å². The van der Waals surface area contributed by atoms with Crippen LogP contribution in [-0.4, -0.2) is 31.3 Å². The molecule has 1 fully saturated rings. The Morgan fingerprint density at radius 1 is 1.12 bits per heavy atom. The van der Waals surface area contributed by atoms with E-state index in [9.17, 15) is 9.59 Å². The van der Waals surface area contributed by atoms with E-state index in [0.29, 0.717) is 28.5 Å². The summed E-state index contributed by atoms with van der Waals surface area (Å²) >= 11 is 3.55. The molecule has 0 atom stereocenters. The van der Waals surface area contributed by atoms with Crippen LogP contribution >= 0.6 is 15.9 Å². The fraction of sp³-hybridized carbons (Fsp3) is 0.222. The molecular weight excluding hydrogens is 384 g/mol. The van der Waals surface area contributed by atoms with Gasteiger partial charge in [-0.25, -0.2) is 9.50 Å². The second-order valence-electron chi connectivity index (χ2n) is 6.43. The van der Waals surface area contributed by atoms with Gasteiger partial charge >= 0.3 is 0 Å². The van der Waals surface area contributed by atoms with E-state index in [0.717, 1.165) is 4.47 Å². The van der Waals surface area contributed by atoms with Gasteiger partial charge in [-0.05, 0) is 58.5 Å². The Morgan fingerprint density at radius 2 is 1.80 bits per heavy atom. The molecular formula is C18H13BrN4O2. The number of carbonyl (C=O) groups excluding carboxylic acids is 2. The Balaban J connectivity index is 1.50. The smallest absolute Gasteiger partial charge is 0.261 e. The minimum Gasteiger partial charge on any atom is -0.269 e. The summed E-state index contributed by atoms with van der Waals surface area (Å²) in [6.45, 7) is 0.0687. The van der Waals surface area contributed by atoms with Crippen molar-refractivity contribution in [3.63, 3.8) is 0 Å².